The fraction of sp³-hybridized carbons (Fsp3) is 0.0588. The number of hydrogen-bond donors (Lipinski definition) is 1. The second kappa shape index (κ2) is 5.48. The lowest BCUT2D eigenvalue weighted by molar-refractivity contribution is 0.415. The number of H-pyrrole nitrogens is 1. The van der Waals surface area contributed by atoms with Crippen LogP contribution in [0, 0.1) is 5.82 Å². The summed E-state index contributed by atoms with van der Waals surface area (Å²) >= 11 is 1.46. The predicted molar refractivity (Wildman–Crippen MR) is 89.1 cm³/mol. The number of hydrogen-bond acceptors (Lipinski definition) is 4. The summed E-state index contributed by atoms with van der Waals surface area (Å²) in [6.45, 7) is 0. The highest BCUT2D eigenvalue weighted by Crippen LogP contribution is 2.32. The lowest BCUT2D eigenvalue weighted by Crippen LogP contribution is -1.80. The number of fused-ring (bicyclic) bond motifs is 1. The van der Waals surface area contributed by atoms with Crippen molar-refractivity contribution >= 4 is 22.2 Å². The van der Waals surface area contributed by atoms with E-state index in [1.807, 2.05) is 24.3 Å². The van der Waals surface area contributed by atoms with Crippen molar-refractivity contribution in [3.63, 3.8) is 0 Å². The molecule has 0 saturated heterocycles. The molecule has 0 fully saturated rings. The van der Waals surface area contributed by atoms with Gasteiger partial charge in [0.15, 0.2) is 5.01 Å². The highest BCUT2D eigenvalue weighted by Gasteiger charge is 2.11. The number of aromatic amines is 1. The number of ether oxygens (including phenoxy) is 1. The van der Waals surface area contributed by atoms with Gasteiger partial charge in [-0.1, -0.05) is 11.3 Å². The van der Waals surface area contributed by atoms with Crippen LogP contribution in [0.15, 0.2) is 48.5 Å². The van der Waals surface area contributed by atoms with Crippen molar-refractivity contribution in [3.05, 3.63) is 54.3 Å². The molecule has 0 aliphatic heterocycles. The first-order valence-corrected chi connectivity index (χ1v) is 7.81. The van der Waals surface area contributed by atoms with Crippen LogP contribution in [-0.2, 0) is 0 Å². The molecular weight excluding hydrogens is 313 g/mol. The standard InChI is InChI=1S/C17H12FN3OS/c1-22-13-6-7-14-11(8-13)9-15(19-14)17-21-20-16(23-17)10-2-4-12(18)5-3-10/h2-9,19H,1H3. The molecular formula is C17H12FN3OS. The van der Waals surface area contributed by atoms with E-state index in [9.17, 15) is 4.39 Å². The minimum Gasteiger partial charge on any atom is -0.497 e. The molecule has 4 aromatic rings. The van der Waals surface area contributed by atoms with E-state index in [0.717, 1.165) is 37.9 Å². The van der Waals surface area contributed by atoms with Gasteiger partial charge in [-0.25, -0.2) is 4.39 Å². The summed E-state index contributed by atoms with van der Waals surface area (Å²) in [4.78, 5) is 3.33. The Bertz CT molecular complexity index is 975. The van der Waals surface area contributed by atoms with E-state index in [-0.39, 0.29) is 5.82 Å². The molecule has 114 valence electrons. The van der Waals surface area contributed by atoms with Gasteiger partial charge in [0.05, 0.1) is 12.8 Å². The number of nitrogens with one attached hydrogen (secondary N) is 1. The summed E-state index contributed by atoms with van der Waals surface area (Å²) in [7, 11) is 1.65. The van der Waals surface area contributed by atoms with E-state index in [4.69, 9.17) is 4.74 Å². The van der Waals surface area contributed by atoms with E-state index >= 15 is 0 Å². The summed E-state index contributed by atoms with van der Waals surface area (Å²) in [6.07, 6.45) is 0. The summed E-state index contributed by atoms with van der Waals surface area (Å²) in [5, 5.41) is 11.0. The van der Waals surface area contributed by atoms with Gasteiger partial charge >= 0.3 is 0 Å². The van der Waals surface area contributed by atoms with Crippen molar-refractivity contribution < 1.29 is 9.13 Å². The van der Waals surface area contributed by atoms with Gasteiger partial charge in [-0.05, 0) is 48.5 Å². The maximum Gasteiger partial charge on any atom is 0.164 e. The number of methoxy groups -OCH3 is 1. The Morgan fingerprint density at radius 2 is 1.78 bits per heavy atom. The van der Waals surface area contributed by atoms with Crippen molar-refractivity contribution in [2.75, 3.05) is 7.11 Å². The molecule has 0 saturated carbocycles. The Balaban J connectivity index is 1.72. The third kappa shape index (κ3) is 2.57. The smallest absolute Gasteiger partial charge is 0.164 e. The monoisotopic (exact) mass is 325 g/mol. The first kappa shape index (κ1) is 13.9. The van der Waals surface area contributed by atoms with Crippen molar-refractivity contribution in [1.29, 1.82) is 0 Å². The quantitative estimate of drug-likeness (QED) is 0.603. The van der Waals surface area contributed by atoms with Gasteiger partial charge < -0.3 is 9.72 Å². The SMILES string of the molecule is COc1ccc2[nH]c(-c3nnc(-c4ccc(F)cc4)s3)cc2c1. The largest absolute Gasteiger partial charge is 0.497 e. The molecule has 0 unspecified atom stereocenters. The van der Waals surface area contributed by atoms with Gasteiger partial charge in [0, 0.05) is 16.5 Å². The first-order chi connectivity index (χ1) is 11.2. The maximum absolute atomic E-state index is 13.0. The molecule has 0 aliphatic carbocycles. The van der Waals surface area contributed by atoms with Crippen molar-refractivity contribution in [3.8, 4) is 27.0 Å². The summed E-state index contributed by atoms with van der Waals surface area (Å²) < 4.78 is 18.2. The van der Waals surface area contributed by atoms with Gasteiger partial charge in [0.2, 0.25) is 0 Å². The lowest BCUT2D eigenvalue weighted by atomic mass is 10.2. The van der Waals surface area contributed by atoms with Crippen LogP contribution in [0.1, 0.15) is 0 Å². The van der Waals surface area contributed by atoms with E-state index < -0.39 is 0 Å². The zero-order valence-corrected chi connectivity index (χ0v) is 13.0. The van der Waals surface area contributed by atoms with Crippen molar-refractivity contribution in [2.24, 2.45) is 0 Å². The van der Waals surface area contributed by atoms with Crippen molar-refractivity contribution in [2.45, 2.75) is 0 Å². The zero-order valence-electron chi connectivity index (χ0n) is 12.2. The number of aromatic nitrogens is 3. The van der Waals surface area contributed by atoms with Crippen LogP contribution in [0.3, 0.4) is 0 Å². The first-order valence-electron chi connectivity index (χ1n) is 6.99. The topological polar surface area (TPSA) is 50.8 Å². The second-order valence-electron chi connectivity index (χ2n) is 5.06. The van der Waals surface area contributed by atoms with Crippen LogP contribution >= 0.6 is 11.3 Å². The Morgan fingerprint density at radius 3 is 2.57 bits per heavy atom. The predicted octanol–water partition coefficient (Wildman–Crippen LogP) is 4.50. The van der Waals surface area contributed by atoms with Gasteiger partial charge in [-0.2, -0.15) is 0 Å². The highest BCUT2D eigenvalue weighted by molar-refractivity contribution is 7.17. The number of nitrogens with zero attached hydrogens (tertiary/aromatic N) is 2. The van der Waals surface area contributed by atoms with Crippen LogP contribution < -0.4 is 4.74 Å². The van der Waals surface area contributed by atoms with Crippen LogP contribution in [-0.4, -0.2) is 22.3 Å². The van der Waals surface area contributed by atoms with Crippen LogP contribution in [0.4, 0.5) is 4.39 Å². The molecule has 0 spiro atoms. The van der Waals surface area contributed by atoms with Crippen LogP contribution in [0.25, 0.3) is 32.2 Å². The van der Waals surface area contributed by atoms with Crippen LogP contribution in [0.2, 0.25) is 0 Å². The summed E-state index contributed by atoms with van der Waals surface area (Å²) in [5.41, 5.74) is 2.77. The average molecular weight is 325 g/mol. The maximum atomic E-state index is 13.0. The molecule has 0 bridgehead atoms. The molecule has 1 N–H and O–H groups in total. The Labute approximate surface area is 135 Å². The van der Waals surface area contributed by atoms with Gasteiger partial charge in [-0.15, -0.1) is 10.2 Å². The third-order valence-corrected chi connectivity index (χ3v) is 4.58. The molecule has 0 atom stereocenters. The Kier molecular flexibility index (Phi) is 3.31. The number of benzene rings is 2. The van der Waals surface area contributed by atoms with Gasteiger partial charge in [0.25, 0.3) is 0 Å². The van der Waals surface area contributed by atoms with E-state index in [1.165, 1.54) is 23.5 Å². The molecule has 2 aromatic carbocycles. The van der Waals surface area contributed by atoms with Crippen molar-refractivity contribution in [1.82, 2.24) is 15.2 Å². The van der Waals surface area contributed by atoms with E-state index in [2.05, 4.69) is 15.2 Å². The molecule has 4 nitrogen and oxygen atoms in total. The average Bonchev–Trinajstić information content (AvgIpc) is 3.21. The molecule has 0 aliphatic rings. The minimum atomic E-state index is -0.261. The molecule has 0 amide bonds. The van der Waals surface area contributed by atoms with Crippen LogP contribution in [0.5, 0.6) is 5.75 Å². The number of rotatable bonds is 3. The fourth-order valence-corrected chi connectivity index (χ4v) is 3.21. The summed E-state index contributed by atoms with van der Waals surface area (Å²) in [5.74, 6) is 0.551. The van der Waals surface area contributed by atoms with E-state index in [0.29, 0.717) is 0 Å². The Hall–Kier alpha value is -2.73. The summed E-state index contributed by atoms with van der Waals surface area (Å²) in [6, 6.07) is 14.1. The van der Waals surface area contributed by atoms with E-state index in [1.54, 1.807) is 19.2 Å². The molecule has 0 radical (unpaired) electrons. The fourth-order valence-electron chi connectivity index (χ4n) is 2.39. The molecule has 23 heavy (non-hydrogen) atoms. The lowest BCUT2D eigenvalue weighted by Gasteiger charge is -1.97. The van der Waals surface area contributed by atoms with Gasteiger partial charge in [-0.3, -0.25) is 0 Å². The normalized spacial score (nSPS) is 11.0. The Morgan fingerprint density at radius 1 is 1.00 bits per heavy atom. The number of halogens is 1. The molecule has 6 heteroatoms. The molecule has 2 heterocycles. The third-order valence-electron chi connectivity index (χ3n) is 3.57. The minimum absolute atomic E-state index is 0.261. The highest BCUT2D eigenvalue weighted by atomic mass is 32.1. The zero-order chi connectivity index (χ0) is 15.8. The van der Waals surface area contributed by atoms with Gasteiger partial charge in [0.1, 0.15) is 16.6 Å². The second-order valence-corrected chi connectivity index (χ2v) is 6.03. The molecule has 4 rings (SSSR count). The molecule has 2 aromatic heterocycles.